The predicted molar refractivity (Wildman–Crippen MR) is 58.1 cm³/mol. The molecule has 1 rings (SSSR count). The molecule has 0 atom stereocenters. The molecule has 1 heterocycles. The Balaban J connectivity index is 2.55. The summed E-state index contributed by atoms with van der Waals surface area (Å²) in [6.45, 7) is 10.1. The molecule has 1 aliphatic heterocycles. The molecule has 1 amide bonds. The van der Waals surface area contributed by atoms with E-state index in [-0.39, 0.29) is 5.41 Å². The number of carbonyl (C=O) groups is 1. The van der Waals surface area contributed by atoms with Crippen molar-refractivity contribution in [2.45, 2.75) is 33.6 Å². The fraction of sp³-hybridized carbons (Fsp3) is 0.909. The van der Waals surface area contributed by atoms with Gasteiger partial charge < -0.3 is 10.2 Å². The van der Waals surface area contributed by atoms with Crippen molar-refractivity contribution in [2.24, 2.45) is 5.41 Å². The molecule has 0 saturated carbocycles. The minimum atomic E-state index is 0.208. The second kappa shape index (κ2) is 4.78. The van der Waals surface area contributed by atoms with Gasteiger partial charge in [-0.2, -0.15) is 0 Å². The van der Waals surface area contributed by atoms with E-state index in [4.69, 9.17) is 0 Å². The van der Waals surface area contributed by atoms with Crippen LogP contribution in [-0.4, -0.2) is 37.0 Å². The van der Waals surface area contributed by atoms with E-state index < -0.39 is 0 Å². The number of hydrogen-bond acceptors (Lipinski definition) is 2. The van der Waals surface area contributed by atoms with Crippen LogP contribution in [0.4, 0.5) is 0 Å². The lowest BCUT2D eigenvalue weighted by Crippen LogP contribution is -2.38. The fourth-order valence-electron chi connectivity index (χ4n) is 1.88. The molecule has 14 heavy (non-hydrogen) atoms. The number of nitrogens with one attached hydrogen (secondary N) is 1. The van der Waals surface area contributed by atoms with E-state index in [0.717, 1.165) is 32.6 Å². The molecule has 0 aromatic rings. The first-order valence-corrected chi connectivity index (χ1v) is 5.54. The predicted octanol–water partition coefficient (Wildman–Crippen LogP) is 1.24. The Labute approximate surface area is 86.9 Å². The molecule has 3 heteroatoms. The van der Waals surface area contributed by atoms with Gasteiger partial charge in [0.25, 0.3) is 0 Å². The molecule has 0 radical (unpaired) electrons. The van der Waals surface area contributed by atoms with Crippen LogP contribution in [0.25, 0.3) is 0 Å². The number of carbonyl (C=O) groups excluding carboxylic acids is 1. The third-order valence-corrected chi connectivity index (χ3v) is 2.60. The molecule has 0 aromatic heterocycles. The lowest BCUT2D eigenvalue weighted by Gasteiger charge is -2.29. The third kappa shape index (κ3) is 3.29. The first-order chi connectivity index (χ1) is 6.55. The average Bonchev–Trinajstić information content (AvgIpc) is 2.27. The summed E-state index contributed by atoms with van der Waals surface area (Å²) >= 11 is 0. The monoisotopic (exact) mass is 198 g/mol. The van der Waals surface area contributed by atoms with E-state index in [1.807, 2.05) is 4.90 Å². The van der Waals surface area contributed by atoms with Crippen LogP contribution in [0.3, 0.4) is 0 Å². The summed E-state index contributed by atoms with van der Waals surface area (Å²) < 4.78 is 0. The lowest BCUT2D eigenvalue weighted by atomic mass is 9.93. The van der Waals surface area contributed by atoms with Crippen LogP contribution in [0.5, 0.6) is 0 Å². The Morgan fingerprint density at radius 2 is 2.21 bits per heavy atom. The van der Waals surface area contributed by atoms with E-state index in [9.17, 15) is 4.79 Å². The van der Waals surface area contributed by atoms with E-state index >= 15 is 0 Å². The minimum absolute atomic E-state index is 0.208. The average molecular weight is 198 g/mol. The highest BCUT2D eigenvalue weighted by Crippen LogP contribution is 2.18. The minimum Gasteiger partial charge on any atom is -0.341 e. The maximum atomic E-state index is 11.7. The first-order valence-electron chi connectivity index (χ1n) is 5.54. The Morgan fingerprint density at radius 3 is 2.86 bits per heavy atom. The van der Waals surface area contributed by atoms with Crippen molar-refractivity contribution in [3.05, 3.63) is 0 Å². The molecule has 1 saturated heterocycles. The van der Waals surface area contributed by atoms with E-state index in [1.165, 1.54) is 0 Å². The zero-order valence-corrected chi connectivity index (χ0v) is 9.60. The van der Waals surface area contributed by atoms with E-state index in [2.05, 4.69) is 26.1 Å². The van der Waals surface area contributed by atoms with Crippen LogP contribution in [0.1, 0.15) is 33.6 Å². The summed E-state index contributed by atoms with van der Waals surface area (Å²) in [6.07, 6.45) is 1.64. The Hall–Kier alpha value is -0.570. The van der Waals surface area contributed by atoms with Gasteiger partial charge in [-0.3, -0.25) is 4.79 Å². The Kier molecular flexibility index (Phi) is 3.93. The van der Waals surface area contributed by atoms with Gasteiger partial charge in [0.15, 0.2) is 0 Å². The summed E-state index contributed by atoms with van der Waals surface area (Å²) in [5.41, 5.74) is 0.208. The molecule has 0 spiro atoms. The van der Waals surface area contributed by atoms with Gasteiger partial charge in [-0.25, -0.2) is 0 Å². The zero-order valence-electron chi connectivity index (χ0n) is 9.60. The van der Waals surface area contributed by atoms with Gasteiger partial charge >= 0.3 is 0 Å². The molecule has 0 aliphatic carbocycles. The molecular weight excluding hydrogens is 176 g/mol. The van der Waals surface area contributed by atoms with Crippen LogP contribution in [0.15, 0.2) is 0 Å². The van der Waals surface area contributed by atoms with Gasteiger partial charge in [-0.1, -0.05) is 20.8 Å². The summed E-state index contributed by atoms with van der Waals surface area (Å²) in [6, 6.07) is 0. The van der Waals surface area contributed by atoms with Gasteiger partial charge in [-0.15, -0.1) is 0 Å². The summed E-state index contributed by atoms with van der Waals surface area (Å²) in [7, 11) is 0. The zero-order chi connectivity index (χ0) is 10.6. The normalized spacial score (nSPS) is 21.8. The summed E-state index contributed by atoms with van der Waals surface area (Å²) in [5.74, 6) is 0.310. The fourth-order valence-corrected chi connectivity index (χ4v) is 1.88. The van der Waals surface area contributed by atoms with Crippen LogP contribution in [-0.2, 0) is 4.79 Å². The topological polar surface area (TPSA) is 32.3 Å². The molecule has 1 fully saturated rings. The number of nitrogens with zero attached hydrogens (tertiary/aromatic N) is 1. The Morgan fingerprint density at radius 1 is 1.50 bits per heavy atom. The van der Waals surface area contributed by atoms with Crippen molar-refractivity contribution in [1.29, 1.82) is 0 Å². The van der Waals surface area contributed by atoms with Crippen LogP contribution >= 0.6 is 0 Å². The highest BCUT2D eigenvalue weighted by Gasteiger charge is 2.26. The first kappa shape index (κ1) is 11.5. The van der Waals surface area contributed by atoms with Gasteiger partial charge in [0.2, 0.25) is 5.91 Å². The van der Waals surface area contributed by atoms with Gasteiger partial charge in [-0.05, 0) is 11.8 Å². The van der Waals surface area contributed by atoms with Crippen molar-refractivity contribution in [1.82, 2.24) is 10.2 Å². The number of rotatable bonds is 2. The molecule has 0 bridgehead atoms. The molecule has 3 nitrogen and oxygen atoms in total. The quantitative estimate of drug-likeness (QED) is 0.724. The van der Waals surface area contributed by atoms with Crippen LogP contribution < -0.4 is 5.32 Å². The Bertz CT molecular complexity index is 201. The number of hydrogen-bond donors (Lipinski definition) is 1. The molecule has 1 aliphatic rings. The smallest absolute Gasteiger partial charge is 0.222 e. The maximum absolute atomic E-state index is 11.7. The van der Waals surface area contributed by atoms with Gasteiger partial charge in [0.05, 0.1) is 0 Å². The second-order valence-electron chi connectivity index (χ2n) is 4.91. The van der Waals surface area contributed by atoms with Crippen molar-refractivity contribution in [3.63, 3.8) is 0 Å². The summed E-state index contributed by atoms with van der Waals surface area (Å²) in [4.78, 5) is 13.7. The third-order valence-electron chi connectivity index (χ3n) is 2.60. The SMILES string of the molecule is CCCC(=O)N1CCNCC(C)(C)C1. The van der Waals surface area contributed by atoms with E-state index in [1.54, 1.807) is 0 Å². The molecule has 1 N–H and O–H groups in total. The number of amides is 1. The van der Waals surface area contributed by atoms with Crippen molar-refractivity contribution >= 4 is 5.91 Å². The maximum Gasteiger partial charge on any atom is 0.222 e. The lowest BCUT2D eigenvalue weighted by molar-refractivity contribution is -0.132. The largest absolute Gasteiger partial charge is 0.341 e. The van der Waals surface area contributed by atoms with Crippen molar-refractivity contribution in [2.75, 3.05) is 26.2 Å². The van der Waals surface area contributed by atoms with Crippen molar-refractivity contribution < 1.29 is 4.79 Å². The highest BCUT2D eigenvalue weighted by molar-refractivity contribution is 5.76. The highest BCUT2D eigenvalue weighted by atomic mass is 16.2. The van der Waals surface area contributed by atoms with Gasteiger partial charge in [0.1, 0.15) is 0 Å². The van der Waals surface area contributed by atoms with Crippen LogP contribution in [0.2, 0.25) is 0 Å². The molecule has 0 aromatic carbocycles. The molecule has 82 valence electrons. The van der Waals surface area contributed by atoms with Crippen molar-refractivity contribution in [3.8, 4) is 0 Å². The summed E-state index contributed by atoms with van der Waals surface area (Å²) in [5, 5.41) is 3.37. The molecular formula is C11H22N2O. The molecule has 0 unspecified atom stereocenters. The van der Waals surface area contributed by atoms with E-state index in [0.29, 0.717) is 12.3 Å². The second-order valence-corrected chi connectivity index (χ2v) is 4.91. The standard InChI is InChI=1S/C11H22N2O/c1-4-5-10(14)13-7-6-12-8-11(2,3)9-13/h12H,4-9H2,1-3H3. The van der Waals surface area contributed by atoms with Crippen LogP contribution in [0, 0.1) is 5.41 Å². The van der Waals surface area contributed by atoms with Gasteiger partial charge in [0, 0.05) is 32.6 Å².